The van der Waals surface area contributed by atoms with Gasteiger partial charge in [-0.15, -0.1) is 6.58 Å². The molecule has 2 rings (SSSR count). The molecule has 0 aliphatic carbocycles. The molecule has 1 aromatic carbocycles. The summed E-state index contributed by atoms with van der Waals surface area (Å²) in [5, 5.41) is 11.8. The zero-order valence-electron chi connectivity index (χ0n) is 17.4. The first-order chi connectivity index (χ1) is 14.6. The summed E-state index contributed by atoms with van der Waals surface area (Å²) in [6, 6.07) is 5.35. The number of aliphatic hydroxyl groups excluding tert-OH is 1. The average Bonchev–Trinajstić information content (AvgIpc) is 2.76. The van der Waals surface area contributed by atoms with Crippen molar-refractivity contribution in [3.8, 4) is 0 Å². The van der Waals surface area contributed by atoms with Gasteiger partial charge in [0.05, 0.1) is 38.1 Å². The van der Waals surface area contributed by atoms with Gasteiger partial charge in [0.15, 0.2) is 0 Å². The van der Waals surface area contributed by atoms with Crippen molar-refractivity contribution in [2.75, 3.05) is 39.5 Å². The number of hydrogen-bond donors (Lipinski definition) is 2. The fourth-order valence-electron chi connectivity index (χ4n) is 3.18. The van der Waals surface area contributed by atoms with Crippen molar-refractivity contribution in [2.24, 2.45) is 0 Å². The first-order valence-electron chi connectivity index (χ1n) is 10.1. The minimum absolute atomic E-state index is 0.0280. The molecule has 2 amide bonds. The van der Waals surface area contributed by atoms with E-state index in [1.54, 1.807) is 30.5 Å². The number of fused-ring (bicyclic) bond motifs is 1. The van der Waals surface area contributed by atoms with E-state index < -0.39 is 0 Å². The Balaban J connectivity index is 2.17. The Bertz CT molecular complexity index is 803. The van der Waals surface area contributed by atoms with E-state index in [9.17, 15) is 9.59 Å². The topological polar surface area (TPSA) is 88.1 Å². The molecule has 7 heteroatoms. The molecule has 0 bridgehead atoms. The lowest BCUT2D eigenvalue weighted by atomic mass is 9.89. The molecule has 30 heavy (non-hydrogen) atoms. The van der Waals surface area contributed by atoms with Crippen LogP contribution in [0.4, 0.5) is 0 Å². The van der Waals surface area contributed by atoms with Gasteiger partial charge in [0.2, 0.25) is 0 Å². The number of nitrogens with zero attached hydrogens (tertiary/aromatic N) is 1. The summed E-state index contributed by atoms with van der Waals surface area (Å²) in [7, 11) is 0. The van der Waals surface area contributed by atoms with Gasteiger partial charge in [-0.2, -0.15) is 0 Å². The van der Waals surface area contributed by atoms with Crippen molar-refractivity contribution in [2.45, 2.75) is 19.4 Å². The van der Waals surface area contributed by atoms with Crippen LogP contribution in [0, 0.1) is 0 Å². The van der Waals surface area contributed by atoms with Gasteiger partial charge in [-0.05, 0) is 18.1 Å². The summed E-state index contributed by atoms with van der Waals surface area (Å²) >= 11 is 0. The van der Waals surface area contributed by atoms with E-state index in [4.69, 9.17) is 14.6 Å². The van der Waals surface area contributed by atoms with Crippen molar-refractivity contribution in [1.29, 1.82) is 0 Å². The Morgan fingerprint density at radius 2 is 2.00 bits per heavy atom. The van der Waals surface area contributed by atoms with Crippen LogP contribution in [0.2, 0.25) is 0 Å². The van der Waals surface area contributed by atoms with Crippen LogP contribution in [0.15, 0.2) is 43.6 Å². The number of hydrogen-bond acceptors (Lipinski definition) is 6. The Morgan fingerprint density at radius 3 is 2.67 bits per heavy atom. The van der Waals surface area contributed by atoms with Crippen LogP contribution in [-0.2, 0) is 14.3 Å². The quantitative estimate of drug-likeness (QED) is 0.223. The second kappa shape index (κ2) is 12.1. The number of nitrogens with one attached hydrogen (secondary N) is 1. The van der Waals surface area contributed by atoms with Crippen LogP contribution in [0.1, 0.15) is 34.8 Å². The van der Waals surface area contributed by atoms with Crippen molar-refractivity contribution in [3.05, 3.63) is 60.3 Å². The third-order valence-electron chi connectivity index (χ3n) is 4.61. The molecule has 162 valence electrons. The number of ether oxygens (including phenoxy) is 2. The van der Waals surface area contributed by atoms with E-state index in [2.05, 4.69) is 18.5 Å². The SMILES string of the molecule is C=Cc1cccc2c1/C(=C\NCC(C=C)OCCOCCO)C(=O)N(CCC)C2=O. The molecular formula is C23H30N2O5. The van der Waals surface area contributed by atoms with Crippen LogP contribution in [0.5, 0.6) is 0 Å². The van der Waals surface area contributed by atoms with Gasteiger partial charge in [-0.25, -0.2) is 0 Å². The Kier molecular flexibility index (Phi) is 9.47. The predicted molar refractivity (Wildman–Crippen MR) is 117 cm³/mol. The summed E-state index contributed by atoms with van der Waals surface area (Å²) in [5.74, 6) is -0.613. The average molecular weight is 415 g/mol. The molecule has 0 fully saturated rings. The largest absolute Gasteiger partial charge is 0.394 e. The van der Waals surface area contributed by atoms with Crippen molar-refractivity contribution >= 4 is 23.5 Å². The molecule has 1 aromatic rings. The summed E-state index contributed by atoms with van der Waals surface area (Å²) in [6.07, 6.45) is 5.33. The van der Waals surface area contributed by atoms with Crippen molar-refractivity contribution in [1.82, 2.24) is 10.2 Å². The van der Waals surface area contributed by atoms with E-state index in [0.717, 1.165) is 5.56 Å². The maximum absolute atomic E-state index is 13.0. The van der Waals surface area contributed by atoms with E-state index in [-0.39, 0.29) is 31.1 Å². The normalized spacial score (nSPS) is 15.8. The minimum atomic E-state index is -0.329. The van der Waals surface area contributed by atoms with Crippen molar-refractivity contribution < 1.29 is 24.2 Å². The highest BCUT2D eigenvalue weighted by molar-refractivity contribution is 6.31. The summed E-state index contributed by atoms with van der Waals surface area (Å²) in [6.45, 7) is 11.2. The van der Waals surface area contributed by atoms with Gasteiger partial charge < -0.3 is 19.9 Å². The van der Waals surface area contributed by atoms with Crippen LogP contribution < -0.4 is 5.32 Å². The summed E-state index contributed by atoms with van der Waals surface area (Å²) in [5.41, 5.74) is 2.24. The molecule has 0 spiro atoms. The molecule has 2 N–H and O–H groups in total. The molecule has 7 nitrogen and oxygen atoms in total. The number of carbonyl (C=O) groups is 2. The van der Waals surface area contributed by atoms with Gasteiger partial charge in [-0.3, -0.25) is 14.5 Å². The van der Waals surface area contributed by atoms with Gasteiger partial charge >= 0.3 is 0 Å². The number of imide groups is 1. The smallest absolute Gasteiger partial charge is 0.262 e. The molecule has 1 aliphatic heterocycles. The zero-order valence-corrected chi connectivity index (χ0v) is 17.4. The minimum Gasteiger partial charge on any atom is -0.394 e. The molecule has 0 saturated heterocycles. The number of carbonyl (C=O) groups excluding carboxylic acids is 2. The third kappa shape index (κ3) is 5.66. The van der Waals surface area contributed by atoms with Crippen LogP contribution >= 0.6 is 0 Å². The molecule has 1 aliphatic rings. The van der Waals surface area contributed by atoms with Crippen molar-refractivity contribution in [3.63, 3.8) is 0 Å². The fraction of sp³-hybridized carbons (Fsp3) is 0.391. The Hall–Kier alpha value is -2.74. The summed E-state index contributed by atoms with van der Waals surface area (Å²) < 4.78 is 10.8. The number of amides is 2. The predicted octanol–water partition coefficient (Wildman–Crippen LogP) is 2.23. The Labute approximate surface area is 177 Å². The molecule has 0 saturated carbocycles. The second-order valence-electron chi connectivity index (χ2n) is 6.68. The van der Waals surface area contributed by atoms with E-state index in [1.165, 1.54) is 4.90 Å². The van der Waals surface area contributed by atoms with E-state index in [1.807, 2.05) is 13.0 Å². The number of rotatable bonds is 13. The number of aliphatic hydroxyl groups is 1. The highest BCUT2D eigenvalue weighted by Gasteiger charge is 2.35. The third-order valence-corrected chi connectivity index (χ3v) is 4.61. The lowest BCUT2D eigenvalue weighted by Gasteiger charge is -2.29. The lowest BCUT2D eigenvalue weighted by molar-refractivity contribution is -0.122. The van der Waals surface area contributed by atoms with Crippen LogP contribution in [0.25, 0.3) is 11.6 Å². The molecular weight excluding hydrogens is 384 g/mol. The van der Waals surface area contributed by atoms with Gasteiger partial charge in [0.25, 0.3) is 11.8 Å². The van der Waals surface area contributed by atoms with Crippen LogP contribution in [0.3, 0.4) is 0 Å². The summed E-state index contributed by atoms with van der Waals surface area (Å²) in [4.78, 5) is 27.1. The first-order valence-corrected chi connectivity index (χ1v) is 10.1. The molecule has 1 atom stereocenters. The molecule has 1 unspecified atom stereocenters. The highest BCUT2D eigenvalue weighted by Crippen LogP contribution is 2.32. The van der Waals surface area contributed by atoms with Gasteiger partial charge in [0, 0.05) is 30.4 Å². The van der Waals surface area contributed by atoms with E-state index in [0.29, 0.717) is 49.4 Å². The van der Waals surface area contributed by atoms with Gasteiger partial charge in [-0.1, -0.05) is 37.8 Å². The molecule has 1 heterocycles. The Morgan fingerprint density at radius 1 is 1.20 bits per heavy atom. The number of benzene rings is 1. The molecule has 0 aromatic heterocycles. The standard InChI is InChI=1S/C23H30N2O5/c1-4-10-25-22(27)19-9-7-8-17(5-2)21(19)20(23(25)28)16-24-15-18(6-3)30-14-13-29-12-11-26/h5-9,16,18,24,26H,2-4,10-15H2,1H3/b20-16+. The first kappa shape index (κ1) is 23.5. The lowest BCUT2D eigenvalue weighted by Crippen LogP contribution is -2.42. The highest BCUT2D eigenvalue weighted by atomic mass is 16.5. The monoisotopic (exact) mass is 414 g/mol. The zero-order chi connectivity index (χ0) is 21.9. The second-order valence-corrected chi connectivity index (χ2v) is 6.68. The molecule has 0 radical (unpaired) electrons. The van der Waals surface area contributed by atoms with Gasteiger partial charge in [0.1, 0.15) is 0 Å². The fourth-order valence-corrected chi connectivity index (χ4v) is 3.18. The van der Waals surface area contributed by atoms with Crippen LogP contribution in [-0.4, -0.2) is 67.4 Å². The maximum atomic E-state index is 13.0. The maximum Gasteiger partial charge on any atom is 0.262 e. The van der Waals surface area contributed by atoms with E-state index >= 15 is 0 Å².